The Balaban J connectivity index is 3.35. The van der Waals surface area contributed by atoms with E-state index in [1.165, 1.54) is 0 Å². The van der Waals surface area contributed by atoms with Crippen molar-refractivity contribution in [2.75, 3.05) is 12.8 Å². The summed E-state index contributed by atoms with van der Waals surface area (Å²) in [7, 11) is 0.982. The van der Waals surface area contributed by atoms with E-state index in [0.717, 1.165) is 7.11 Å². The van der Waals surface area contributed by atoms with Gasteiger partial charge in [0.05, 0.1) is 23.9 Å². The number of rotatable bonds is 1. The van der Waals surface area contributed by atoms with E-state index in [-0.39, 0.29) is 0 Å². The zero-order chi connectivity index (χ0) is 12.5. The minimum atomic E-state index is -4.76. The highest BCUT2D eigenvalue weighted by atomic mass is 19.4. The number of hydrogen-bond donors (Lipinski definition) is 1. The number of methoxy groups -OCH3 is 1. The van der Waals surface area contributed by atoms with Gasteiger partial charge in [-0.1, -0.05) is 0 Å². The Labute approximate surface area is 87.8 Å². The molecule has 0 spiro atoms. The van der Waals surface area contributed by atoms with Crippen LogP contribution in [0.15, 0.2) is 12.1 Å². The molecule has 0 fully saturated rings. The third kappa shape index (κ3) is 2.07. The molecular formula is C9H7F4NO2. The minimum absolute atomic E-state index is 0.532. The molecule has 0 aliphatic carbocycles. The lowest BCUT2D eigenvalue weighted by Gasteiger charge is -2.11. The molecule has 0 unspecified atom stereocenters. The van der Waals surface area contributed by atoms with Gasteiger partial charge in [-0.3, -0.25) is 0 Å². The first-order chi connectivity index (χ1) is 7.29. The quantitative estimate of drug-likeness (QED) is 0.463. The van der Waals surface area contributed by atoms with E-state index in [4.69, 9.17) is 5.73 Å². The van der Waals surface area contributed by atoms with Crippen LogP contribution in [0.4, 0.5) is 23.2 Å². The number of carbonyl (C=O) groups is 1. The average molecular weight is 237 g/mol. The van der Waals surface area contributed by atoms with Gasteiger partial charge >= 0.3 is 12.1 Å². The molecule has 3 nitrogen and oxygen atoms in total. The Kier molecular flexibility index (Phi) is 3.06. The van der Waals surface area contributed by atoms with E-state index in [1.54, 1.807) is 0 Å². The molecule has 0 radical (unpaired) electrons. The molecule has 1 rings (SSSR count). The van der Waals surface area contributed by atoms with E-state index in [2.05, 4.69) is 4.74 Å². The van der Waals surface area contributed by atoms with Crippen LogP contribution >= 0.6 is 0 Å². The van der Waals surface area contributed by atoms with Crippen LogP contribution in [0.25, 0.3) is 0 Å². The van der Waals surface area contributed by atoms with Crippen LogP contribution in [0, 0.1) is 5.82 Å². The Bertz CT molecular complexity index is 428. The van der Waals surface area contributed by atoms with Gasteiger partial charge in [0.25, 0.3) is 0 Å². The second-order valence-electron chi connectivity index (χ2n) is 2.88. The first-order valence-corrected chi connectivity index (χ1v) is 4.02. The Hall–Kier alpha value is -1.79. The molecule has 0 aromatic heterocycles. The highest BCUT2D eigenvalue weighted by molar-refractivity contribution is 5.91. The molecule has 1 aromatic rings. The van der Waals surface area contributed by atoms with Gasteiger partial charge < -0.3 is 10.5 Å². The number of halogens is 4. The molecule has 88 valence electrons. The topological polar surface area (TPSA) is 52.3 Å². The van der Waals surface area contributed by atoms with E-state index in [0.29, 0.717) is 12.1 Å². The number of esters is 1. The summed E-state index contributed by atoms with van der Waals surface area (Å²) in [6.07, 6.45) is -4.76. The van der Waals surface area contributed by atoms with Gasteiger partial charge in [0.2, 0.25) is 0 Å². The number of alkyl halides is 3. The zero-order valence-electron chi connectivity index (χ0n) is 8.06. The Morgan fingerprint density at radius 1 is 1.38 bits per heavy atom. The largest absolute Gasteiger partial charge is 0.465 e. The van der Waals surface area contributed by atoms with Crippen LogP contribution in [0.2, 0.25) is 0 Å². The van der Waals surface area contributed by atoms with Gasteiger partial charge in [0.1, 0.15) is 0 Å². The Morgan fingerprint density at radius 3 is 2.38 bits per heavy atom. The van der Waals surface area contributed by atoms with Crippen LogP contribution in [0.1, 0.15) is 15.9 Å². The number of ether oxygens (including phenoxy) is 1. The highest BCUT2D eigenvalue weighted by Crippen LogP contribution is 2.35. The average Bonchev–Trinajstić information content (AvgIpc) is 2.19. The summed E-state index contributed by atoms with van der Waals surface area (Å²) in [6, 6.07) is 1.21. The van der Waals surface area contributed by atoms with Crippen molar-refractivity contribution in [3.8, 4) is 0 Å². The fraction of sp³-hybridized carbons (Fsp3) is 0.222. The van der Waals surface area contributed by atoms with E-state index < -0.39 is 34.8 Å². The summed E-state index contributed by atoms with van der Waals surface area (Å²) in [6.45, 7) is 0. The van der Waals surface area contributed by atoms with Crippen LogP contribution in [-0.4, -0.2) is 13.1 Å². The van der Waals surface area contributed by atoms with Crippen LogP contribution in [0.5, 0.6) is 0 Å². The van der Waals surface area contributed by atoms with Crippen LogP contribution in [-0.2, 0) is 10.9 Å². The lowest BCUT2D eigenvalue weighted by Crippen LogP contribution is -2.14. The van der Waals surface area contributed by atoms with Crippen molar-refractivity contribution in [1.82, 2.24) is 0 Å². The maximum Gasteiger partial charge on any atom is 0.418 e. The summed E-state index contributed by atoms with van der Waals surface area (Å²) in [5, 5.41) is 0. The van der Waals surface area contributed by atoms with Crippen molar-refractivity contribution in [3.63, 3.8) is 0 Å². The maximum absolute atomic E-state index is 13.3. The normalized spacial score (nSPS) is 11.3. The number of nitrogen functional groups attached to an aromatic ring is 1. The van der Waals surface area contributed by atoms with Crippen molar-refractivity contribution in [2.24, 2.45) is 0 Å². The Morgan fingerprint density at radius 2 is 1.94 bits per heavy atom. The first-order valence-electron chi connectivity index (χ1n) is 4.02. The maximum atomic E-state index is 13.3. The second-order valence-corrected chi connectivity index (χ2v) is 2.88. The monoisotopic (exact) mass is 237 g/mol. The van der Waals surface area contributed by atoms with E-state index in [9.17, 15) is 22.4 Å². The van der Waals surface area contributed by atoms with Gasteiger partial charge in [0, 0.05) is 0 Å². The fourth-order valence-electron chi connectivity index (χ4n) is 1.11. The molecule has 0 heterocycles. The molecule has 7 heteroatoms. The summed E-state index contributed by atoms with van der Waals surface area (Å²) in [5.74, 6) is -2.51. The zero-order valence-corrected chi connectivity index (χ0v) is 8.06. The van der Waals surface area contributed by atoms with Gasteiger partial charge in [-0.25, -0.2) is 9.18 Å². The lowest BCUT2D eigenvalue weighted by atomic mass is 10.1. The predicted octanol–water partition coefficient (Wildman–Crippen LogP) is 2.21. The number of anilines is 1. The SMILES string of the molecule is COC(=O)c1ccc(C(F)(F)F)c(N)c1F. The molecule has 0 amide bonds. The summed E-state index contributed by atoms with van der Waals surface area (Å²) < 4.78 is 54.3. The van der Waals surface area contributed by atoms with Crippen molar-refractivity contribution < 1.29 is 27.1 Å². The first kappa shape index (κ1) is 12.3. The molecule has 0 atom stereocenters. The molecule has 0 saturated carbocycles. The predicted molar refractivity (Wildman–Crippen MR) is 47.2 cm³/mol. The molecule has 0 bridgehead atoms. The highest BCUT2D eigenvalue weighted by Gasteiger charge is 2.35. The van der Waals surface area contributed by atoms with Crippen molar-refractivity contribution in [3.05, 3.63) is 29.1 Å². The number of nitrogens with two attached hydrogens (primary N) is 1. The molecule has 2 N–H and O–H groups in total. The van der Waals surface area contributed by atoms with Gasteiger partial charge in [-0.05, 0) is 12.1 Å². The van der Waals surface area contributed by atoms with E-state index in [1.807, 2.05) is 0 Å². The molecule has 16 heavy (non-hydrogen) atoms. The fourth-order valence-corrected chi connectivity index (χ4v) is 1.11. The number of benzene rings is 1. The molecule has 0 aliphatic rings. The molecular weight excluding hydrogens is 230 g/mol. The van der Waals surface area contributed by atoms with Crippen molar-refractivity contribution in [1.29, 1.82) is 0 Å². The van der Waals surface area contributed by atoms with Gasteiger partial charge in [-0.15, -0.1) is 0 Å². The summed E-state index contributed by atoms with van der Waals surface area (Å²) in [4.78, 5) is 10.9. The third-order valence-corrected chi connectivity index (χ3v) is 1.89. The number of hydrogen-bond acceptors (Lipinski definition) is 3. The molecule has 0 saturated heterocycles. The van der Waals surface area contributed by atoms with Gasteiger partial charge in [-0.2, -0.15) is 13.2 Å². The summed E-state index contributed by atoms with van der Waals surface area (Å²) >= 11 is 0. The molecule has 0 aliphatic heterocycles. The lowest BCUT2D eigenvalue weighted by molar-refractivity contribution is -0.137. The van der Waals surface area contributed by atoms with Crippen molar-refractivity contribution in [2.45, 2.75) is 6.18 Å². The van der Waals surface area contributed by atoms with Gasteiger partial charge in [0.15, 0.2) is 5.82 Å². The number of carbonyl (C=O) groups excluding carboxylic acids is 1. The third-order valence-electron chi connectivity index (χ3n) is 1.89. The van der Waals surface area contributed by atoms with Crippen LogP contribution < -0.4 is 5.73 Å². The van der Waals surface area contributed by atoms with E-state index >= 15 is 0 Å². The standard InChI is InChI=1S/C9H7F4NO2/c1-16-8(15)4-2-3-5(9(11,12)13)7(14)6(4)10/h2-3H,14H2,1H3. The van der Waals surface area contributed by atoms with Crippen molar-refractivity contribution >= 4 is 11.7 Å². The smallest absolute Gasteiger partial charge is 0.418 e. The summed E-state index contributed by atoms with van der Waals surface area (Å²) in [5.41, 5.74) is 1.89. The second kappa shape index (κ2) is 3.99. The minimum Gasteiger partial charge on any atom is -0.465 e. The molecule has 1 aromatic carbocycles. The van der Waals surface area contributed by atoms with Crippen LogP contribution in [0.3, 0.4) is 0 Å².